The summed E-state index contributed by atoms with van der Waals surface area (Å²) in [5, 5.41) is 3.34. The van der Waals surface area contributed by atoms with Gasteiger partial charge < -0.3 is 5.32 Å². The maximum absolute atomic E-state index is 13.9. The van der Waals surface area contributed by atoms with Crippen LogP contribution in [0.1, 0.15) is 46.7 Å². The van der Waals surface area contributed by atoms with Crippen LogP contribution < -0.4 is 5.32 Å². The summed E-state index contributed by atoms with van der Waals surface area (Å²) >= 11 is 1.89. The minimum Gasteiger partial charge on any atom is -0.375 e. The molecular formula is C17H20FNS. The minimum absolute atomic E-state index is 0.154. The SMILES string of the molecule is Cc1cccc(F)c1NC(C)c1cc2c(s1)CCCC2. The molecule has 3 heteroatoms. The third kappa shape index (κ3) is 2.59. The van der Waals surface area contributed by atoms with Crippen LogP contribution in [0.2, 0.25) is 0 Å². The number of thiophene rings is 1. The van der Waals surface area contributed by atoms with Gasteiger partial charge in [0.2, 0.25) is 0 Å². The maximum Gasteiger partial charge on any atom is 0.146 e. The Balaban J connectivity index is 1.82. The third-order valence-electron chi connectivity index (χ3n) is 4.03. The van der Waals surface area contributed by atoms with Gasteiger partial charge in [-0.1, -0.05) is 12.1 Å². The number of anilines is 1. The molecule has 1 aromatic heterocycles. The Morgan fingerprint density at radius 1 is 1.25 bits per heavy atom. The predicted octanol–water partition coefficient (Wildman–Crippen LogP) is 5.25. The number of rotatable bonds is 3. The zero-order valence-corrected chi connectivity index (χ0v) is 12.8. The number of halogens is 1. The molecule has 1 heterocycles. The lowest BCUT2D eigenvalue weighted by atomic mass is 9.99. The standard InChI is InChI=1S/C17H20FNS/c1-11-6-5-8-14(18)17(11)19-12(2)16-10-13-7-3-4-9-15(13)20-16/h5-6,8,10,12,19H,3-4,7,9H2,1-2H3. The van der Waals surface area contributed by atoms with Gasteiger partial charge in [-0.25, -0.2) is 4.39 Å². The monoisotopic (exact) mass is 289 g/mol. The highest BCUT2D eigenvalue weighted by Crippen LogP contribution is 2.34. The van der Waals surface area contributed by atoms with Crippen molar-refractivity contribution in [2.75, 3.05) is 5.32 Å². The number of fused-ring (bicyclic) bond motifs is 1. The highest BCUT2D eigenvalue weighted by atomic mass is 32.1. The van der Waals surface area contributed by atoms with E-state index in [-0.39, 0.29) is 11.9 Å². The third-order valence-corrected chi connectivity index (χ3v) is 5.45. The highest BCUT2D eigenvalue weighted by Gasteiger charge is 2.17. The summed E-state index contributed by atoms with van der Waals surface area (Å²) in [6.45, 7) is 4.06. The largest absolute Gasteiger partial charge is 0.375 e. The van der Waals surface area contributed by atoms with Gasteiger partial charge >= 0.3 is 0 Å². The average Bonchev–Trinajstić information content (AvgIpc) is 2.87. The molecule has 0 radical (unpaired) electrons. The molecule has 106 valence electrons. The molecule has 1 atom stereocenters. The van der Waals surface area contributed by atoms with Crippen molar-refractivity contribution in [2.24, 2.45) is 0 Å². The fourth-order valence-corrected chi connectivity index (χ4v) is 4.09. The summed E-state index contributed by atoms with van der Waals surface area (Å²) in [7, 11) is 0. The van der Waals surface area contributed by atoms with Gasteiger partial charge in [-0.2, -0.15) is 0 Å². The summed E-state index contributed by atoms with van der Waals surface area (Å²) in [5.74, 6) is -0.168. The van der Waals surface area contributed by atoms with E-state index in [2.05, 4.69) is 18.3 Å². The van der Waals surface area contributed by atoms with Gasteiger partial charge in [-0.3, -0.25) is 0 Å². The minimum atomic E-state index is -0.168. The molecule has 0 bridgehead atoms. The maximum atomic E-state index is 13.9. The van der Waals surface area contributed by atoms with Crippen molar-refractivity contribution in [1.29, 1.82) is 0 Å². The average molecular weight is 289 g/mol. The van der Waals surface area contributed by atoms with E-state index in [4.69, 9.17) is 0 Å². The number of benzene rings is 1. The number of nitrogens with one attached hydrogen (secondary N) is 1. The van der Waals surface area contributed by atoms with Crippen LogP contribution in [0.4, 0.5) is 10.1 Å². The Hall–Kier alpha value is -1.35. The zero-order valence-electron chi connectivity index (χ0n) is 12.0. The molecule has 1 aliphatic carbocycles. The molecule has 0 spiro atoms. The molecule has 2 aromatic rings. The first-order chi connectivity index (χ1) is 9.65. The Morgan fingerprint density at radius 3 is 2.80 bits per heavy atom. The molecule has 1 aliphatic rings. The van der Waals surface area contributed by atoms with Gasteiger partial charge in [0.05, 0.1) is 11.7 Å². The lowest BCUT2D eigenvalue weighted by Gasteiger charge is -2.16. The number of para-hydroxylation sites is 1. The number of hydrogen-bond acceptors (Lipinski definition) is 2. The second-order valence-corrected chi connectivity index (χ2v) is 6.77. The predicted molar refractivity (Wildman–Crippen MR) is 84.1 cm³/mol. The molecule has 0 saturated heterocycles. The van der Waals surface area contributed by atoms with Crippen LogP contribution in [0.15, 0.2) is 24.3 Å². The Labute approximate surface area is 123 Å². The molecular weight excluding hydrogens is 269 g/mol. The van der Waals surface area contributed by atoms with Crippen molar-refractivity contribution < 1.29 is 4.39 Å². The second kappa shape index (κ2) is 5.57. The molecule has 1 aromatic carbocycles. The number of aryl methyl sites for hydroxylation is 3. The fraction of sp³-hybridized carbons (Fsp3) is 0.412. The molecule has 0 amide bonds. The summed E-state index contributed by atoms with van der Waals surface area (Å²) < 4.78 is 13.9. The van der Waals surface area contributed by atoms with Crippen LogP contribution in [0.3, 0.4) is 0 Å². The lowest BCUT2D eigenvalue weighted by molar-refractivity contribution is 0.626. The molecule has 0 fully saturated rings. The van der Waals surface area contributed by atoms with Crippen molar-refractivity contribution in [3.05, 3.63) is 51.0 Å². The van der Waals surface area contributed by atoms with Gasteiger partial charge in [0.1, 0.15) is 5.82 Å². The van der Waals surface area contributed by atoms with E-state index in [1.807, 2.05) is 24.3 Å². The van der Waals surface area contributed by atoms with Crippen LogP contribution in [0.5, 0.6) is 0 Å². The van der Waals surface area contributed by atoms with Crippen molar-refractivity contribution in [1.82, 2.24) is 0 Å². The first kappa shape index (κ1) is 13.6. The van der Waals surface area contributed by atoms with Gasteiger partial charge in [-0.05, 0) is 62.8 Å². The Kier molecular flexibility index (Phi) is 3.79. The molecule has 1 nitrogen and oxygen atoms in total. The molecule has 3 rings (SSSR count). The topological polar surface area (TPSA) is 12.0 Å². The lowest BCUT2D eigenvalue weighted by Crippen LogP contribution is -2.07. The highest BCUT2D eigenvalue weighted by molar-refractivity contribution is 7.12. The van der Waals surface area contributed by atoms with Crippen molar-refractivity contribution >= 4 is 17.0 Å². The normalized spacial score (nSPS) is 15.8. The van der Waals surface area contributed by atoms with Crippen LogP contribution in [0.25, 0.3) is 0 Å². The van der Waals surface area contributed by atoms with E-state index in [0.717, 1.165) is 5.56 Å². The van der Waals surface area contributed by atoms with Crippen molar-refractivity contribution in [3.8, 4) is 0 Å². The first-order valence-corrected chi connectivity index (χ1v) is 8.10. The quantitative estimate of drug-likeness (QED) is 0.814. The summed E-state index contributed by atoms with van der Waals surface area (Å²) in [6.07, 6.45) is 5.03. The van der Waals surface area contributed by atoms with Crippen LogP contribution in [-0.4, -0.2) is 0 Å². The first-order valence-electron chi connectivity index (χ1n) is 7.28. The molecule has 1 N–H and O–H groups in total. The van der Waals surface area contributed by atoms with Gasteiger partial charge in [0, 0.05) is 9.75 Å². The second-order valence-electron chi connectivity index (χ2n) is 5.60. The van der Waals surface area contributed by atoms with E-state index in [1.165, 1.54) is 47.1 Å². The Morgan fingerprint density at radius 2 is 2.05 bits per heavy atom. The summed E-state index contributed by atoms with van der Waals surface area (Å²) in [4.78, 5) is 2.85. The summed E-state index contributed by atoms with van der Waals surface area (Å²) in [6, 6.07) is 7.68. The summed E-state index contributed by atoms with van der Waals surface area (Å²) in [5.41, 5.74) is 3.10. The number of hydrogen-bond donors (Lipinski definition) is 1. The Bertz CT molecular complexity index is 574. The molecule has 0 aliphatic heterocycles. The van der Waals surface area contributed by atoms with Gasteiger partial charge in [-0.15, -0.1) is 11.3 Å². The zero-order chi connectivity index (χ0) is 14.1. The van der Waals surface area contributed by atoms with E-state index >= 15 is 0 Å². The van der Waals surface area contributed by atoms with Crippen LogP contribution in [-0.2, 0) is 12.8 Å². The fourth-order valence-electron chi connectivity index (χ4n) is 2.83. The molecule has 20 heavy (non-hydrogen) atoms. The van der Waals surface area contributed by atoms with Crippen LogP contribution in [0, 0.1) is 12.7 Å². The van der Waals surface area contributed by atoms with Gasteiger partial charge in [0.15, 0.2) is 0 Å². The van der Waals surface area contributed by atoms with E-state index in [1.54, 1.807) is 6.07 Å². The van der Waals surface area contributed by atoms with E-state index in [0.29, 0.717) is 5.69 Å². The molecule has 0 saturated carbocycles. The van der Waals surface area contributed by atoms with Crippen LogP contribution >= 0.6 is 11.3 Å². The molecule has 1 unspecified atom stereocenters. The van der Waals surface area contributed by atoms with Crippen molar-refractivity contribution in [3.63, 3.8) is 0 Å². The van der Waals surface area contributed by atoms with E-state index < -0.39 is 0 Å². The van der Waals surface area contributed by atoms with E-state index in [9.17, 15) is 4.39 Å². The van der Waals surface area contributed by atoms with Crippen molar-refractivity contribution in [2.45, 2.75) is 45.6 Å². The smallest absolute Gasteiger partial charge is 0.146 e. The van der Waals surface area contributed by atoms with Gasteiger partial charge in [0.25, 0.3) is 0 Å².